The highest BCUT2D eigenvalue weighted by molar-refractivity contribution is 6.01. The first-order valence-corrected chi connectivity index (χ1v) is 8.77. The number of primary amides is 1. The highest BCUT2D eigenvalue weighted by Gasteiger charge is 2.15. The van der Waals surface area contributed by atoms with Crippen LogP contribution in [0, 0.1) is 5.82 Å². The standard InChI is InChI=1S/C20H18F2N4O4/c1-29-18-10-16-12(9-13(18)19(23)27)17(4-6-24-16)30-11-2-3-15(14(22)8-11)26-20(28)25-7-5-21/h2-4,6,8-10H,5,7H2,1H3,(H2,23,27)(H2,25,26,28). The number of aromatic nitrogens is 1. The number of amides is 3. The van der Waals surface area contributed by atoms with Gasteiger partial charge in [-0.25, -0.2) is 13.6 Å². The van der Waals surface area contributed by atoms with Crippen LogP contribution in [0.2, 0.25) is 0 Å². The minimum Gasteiger partial charge on any atom is -0.496 e. The second kappa shape index (κ2) is 9.03. The first-order valence-electron chi connectivity index (χ1n) is 8.77. The number of fused-ring (bicyclic) bond motifs is 1. The van der Waals surface area contributed by atoms with Crippen molar-refractivity contribution >= 4 is 28.5 Å². The number of ether oxygens (including phenoxy) is 2. The summed E-state index contributed by atoms with van der Waals surface area (Å²) in [7, 11) is 1.41. The van der Waals surface area contributed by atoms with Crippen molar-refractivity contribution in [1.82, 2.24) is 10.3 Å². The van der Waals surface area contributed by atoms with E-state index in [1.807, 2.05) is 0 Å². The Morgan fingerprint density at radius 2 is 1.97 bits per heavy atom. The fraction of sp³-hybridized carbons (Fsp3) is 0.150. The maximum Gasteiger partial charge on any atom is 0.319 e. The summed E-state index contributed by atoms with van der Waals surface area (Å²) < 4.78 is 37.3. The van der Waals surface area contributed by atoms with Gasteiger partial charge in [0, 0.05) is 30.3 Å². The van der Waals surface area contributed by atoms with E-state index in [0.717, 1.165) is 6.07 Å². The topological polar surface area (TPSA) is 116 Å². The quantitative estimate of drug-likeness (QED) is 0.546. The summed E-state index contributed by atoms with van der Waals surface area (Å²) in [5.41, 5.74) is 5.93. The molecule has 0 fully saturated rings. The number of methoxy groups -OCH3 is 1. The van der Waals surface area contributed by atoms with Crippen LogP contribution in [0.5, 0.6) is 17.2 Å². The van der Waals surface area contributed by atoms with Crippen LogP contribution in [-0.4, -0.2) is 37.3 Å². The molecule has 0 bridgehead atoms. The number of anilines is 1. The summed E-state index contributed by atoms with van der Waals surface area (Å²) in [6.45, 7) is -0.909. The van der Waals surface area contributed by atoms with Crippen molar-refractivity contribution in [3.63, 3.8) is 0 Å². The number of benzene rings is 2. The minimum absolute atomic E-state index is 0.0981. The summed E-state index contributed by atoms with van der Waals surface area (Å²) in [5.74, 6) is -0.707. The number of alkyl halides is 1. The van der Waals surface area contributed by atoms with Gasteiger partial charge in [0.15, 0.2) is 0 Å². The number of hydrogen-bond donors (Lipinski definition) is 3. The van der Waals surface area contributed by atoms with E-state index in [1.165, 1.54) is 31.5 Å². The van der Waals surface area contributed by atoms with Gasteiger partial charge in [0.1, 0.15) is 29.7 Å². The van der Waals surface area contributed by atoms with Crippen LogP contribution < -0.4 is 25.8 Å². The van der Waals surface area contributed by atoms with E-state index >= 15 is 0 Å². The van der Waals surface area contributed by atoms with Gasteiger partial charge in [-0.3, -0.25) is 9.78 Å². The molecule has 8 nitrogen and oxygen atoms in total. The predicted octanol–water partition coefficient (Wildman–Crippen LogP) is 3.36. The maximum atomic E-state index is 14.3. The second-order valence-corrected chi connectivity index (χ2v) is 6.06. The molecule has 1 heterocycles. The number of halogens is 2. The van der Waals surface area contributed by atoms with Crippen LogP contribution in [-0.2, 0) is 0 Å². The van der Waals surface area contributed by atoms with E-state index in [9.17, 15) is 18.4 Å². The van der Waals surface area contributed by atoms with Crippen LogP contribution in [0.1, 0.15) is 10.4 Å². The lowest BCUT2D eigenvalue weighted by Crippen LogP contribution is -2.30. The lowest BCUT2D eigenvalue weighted by Gasteiger charge is -2.13. The normalized spacial score (nSPS) is 10.5. The van der Waals surface area contributed by atoms with Crippen LogP contribution in [0.25, 0.3) is 10.9 Å². The van der Waals surface area contributed by atoms with Crippen molar-refractivity contribution < 1.29 is 27.8 Å². The fourth-order valence-electron chi connectivity index (χ4n) is 2.71. The van der Waals surface area contributed by atoms with Gasteiger partial charge in [-0.2, -0.15) is 0 Å². The molecule has 1 aromatic heterocycles. The van der Waals surface area contributed by atoms with Crippen LogP contribution >= 0.6 is 0 Å². The molecule has 30 heavy (non-hydrogen) atoms. The Morgan fingerprint density at radius 3 is 2.63 bits per heavy atom. The molecule has 0 spiro atoms. The molecule has 3 amide bonds. The Hall–Kier alpha value is -3.95. The number of nitrogens with one attached hydrogen (secondary N) is 2. The van der Waals surface area contributed by atoms with E-state index in [0.29, 0.717) is 16.7 Å². The van der Waals surface area contributed by atoms with E-state index < -0.39 is 24.4 Å². The van der Waals surface area contributed by atoms with Crippen LogP contribution in [0.4, 0.5) is 19.3 Å². The molecular formula is C20H18F2N4O4. The molecule has 0 radical (unpaired) electrons. The average molecular weight is 416 g/mol. The number of nitrogens with zero attached hydrogens (tertiary/aromatic N) is 1. The molecule has 0 saturated carbocycles. The maximum absolute atomic E-state index is 14.3. The Bertz CT molecular complexity index is 1110. The summed E-state index contributed by atoms with van der Waals surface area (Å²) in [5, 5.41) is 4.98. The van der Waals surface area contributed by atoms with Crippen molar-refractivity contribution in [1.29, 1.82) is 0 Å². The van der Waals surface area contributed by atoms with Crippen molar-refractivity contribution in [2.75, 3.05) is 25.6 Å². The van der Waals surface area contributed by atoms with E-state index in [-0.39, 0.29) is 29.3 Å². The lowest BCUT2D eigenvalue weighted by molar-refractivity contribution is 0.0997. The smallest absolute Gasteiger partial charge is 0.319 e. The third-order valence-electron chi connectivity index (χ3n) is 4.08. The molecule has 4 N–H and O–H groups in total. The van der Waals surface area contributed by atoms with Gasteiger partial charge >= 0.3 is 6.03 Å². The monoisotopic (exact) mass is 416 g/mol. The Kier molecular flexibility index (Phi) is 6.26. The summed E-state index contributed by atoms with van der Waals surface area (Å²) in [4.78, 5) is 27.5. The highest BCUT2D eigenvalue weighted by atomic mass is 19.1. The number of nitrogens with two attached hydrogens (primary N) is 1. The Labute approximate surface area is 170 Å². The largest absolute Gasteiger partial charge is 0.496 e. The fourth-order valence-corrected chi connectivity index (χ4v) is 2.71. The van der Waals surface area contributed by atoms with E-state index in [4.69, 9.17) is 15.2 Å². The van der Waals surface area contributed by atoms with Gasteiger partial charge in [-0.05, 0) is 24.3 Å². The molecule has 2 aromatic carbocycles. The first-order chi connectivity index (χ1) is 14.4. The summed E-state index contributed by atoms with van der Waals surface area (Å²) in [6.07, 6.45) is 1.49. The SMILES string of the molecule is COc1cc2nccc(Oc3ccc(NC(=O)NCCF)c(F)c3)c2cc1C(N)=O. The number of urea groups is 1. The van der Waals surface area contributed by atoms with Gasteiger partial charge in [0.05, 0.1) is 23.9 Å². The predicted molar refractivity (Wildman–Crippen MR) is 106 cm³/mol. The molecule has 0 aliphatic rings. The summed E-state index contributed by atoms with van der Waals surface area (Å²) >= 11 is 0. The van der Waals surface area contributed by atoms with Crippen LogP contribution in [0.15, 0.2) is 42.6 Å². The van der Waals surface area contributed by atoms with E-state index in [2.05, 4.69) is 15.6 Å². The van der Waals surface area contributed by atoms with Crippen LogP contribution in [0.3, 0.4) is 0 Å². The molecule has 156 valence electrons. The Morgan fingerprint density at radius 1 is 1.17 bits per heavy atom. The zero-order valence-corrected chi connectivity index (χ0v) is 15.9. The van der Waals surface area contributed by atoms with Crippen molar-refractivity contribution in [3.8, 4) is 17.2 Å². The Balaban J connectivity index is 1.89. The third-order valence-corrected chi connectivity index (χ3v) is 4.08. The minimum atomic E-state index is -0.749. The molecule has 0 aliphatic heterocycles. The molecule has 3 rings (SSSR count). The first kappa shape index (κ1) is 20.8. The van der Waals surface area contributed by atoms with Crippen molar-refractivity contribution in [3.05, 3.63) is 54.0 Å². The molecule has 0 atom stereocenters. The molecule has 0 saturated heterocycles. The van der Waals surface area contributed by atoms with Gasteiger partial charge in [0.2, 0.25) is 0 Å². The second-order valence-electron chi connectivity index (χ2n) is 6.06. The number of rotatable bonds is 7. The summed E-state index contributed by atoms with van der Waals surface area (Å²) in [6, 6.07) is 7.68. The van der Waals surface area contributed by atoms with Gasteiger partial charge in [-0.15, -0.1) is 0 Å². The number of pyridine rings is 1. The molecule has 0 unspecified atom stereocenters. The molecule has 3 aromatic rings. The highest BCUT2D eigenvalue weighted by Crippen LogP contribution is 2.34. The van der Waals surface area contributed by atoms with Gasteiger partial charge in [-0.1, -0.05) is 0 Å². The number of carbonyl (C=O) groups excluding carboxylic acids is 2. The third kappa shape index (κ3) is 4.54. The lowest BCUT2D eigenvalue weighted by atomic mass is 10.1. The zero-order valence-electron chi connectivity index (χ0n) is 15.9. The number of carbonyl (C=O) groups is 2. The number of hydrogen-bond acceptors (Lipinski definition) is 5. The van der Waals surface area contributed by atoms with Crippen molar-refractivity contribution in [2.24, 2.45) is 5.73 Å². The molecule has 10 heteroatoms. The molecule has 0 aliphatic carbocycles. The van der Waals surface area contributed by atoms with Gasteiger partial charge in [0.25, 0.3) is 5.91 Å². The van der Waals surface area contributed by atoms with Crippen molar-refractivity contribution in [2.45, 2.75) is 0 Å². The average Bonchev–Trinajstić information content (AvgIpc) is 2.73. The van der Waals surface area contributed by atoms with E-state index in [1.54, 1.807) is 12.1 Å². The van der Waals surface area contributed by atoms with Gasteiger partial charge < -0.3 is 25.8 Å². The molecular weight excluding hydrogens is 398 g/mol. The zero-order chi connectivity index (χ0) is 21.7.